The van der Waals surface area contributed by atoms with Gasteiger partial charge in [-0.2, -0.15) is 0 Å². The number of morpholine rings is 1. The van der Waals surface area contributed by atoms with Crippen molar-refractivity contribution in [1.29, 1.82) is 0 Å². The molecule has 0 spiro atoms. The molecule has 2 saturated heterocycles. The Balaban J connectivity index is 1.79. The standard InChI is InChI=1S/C14H24BrN5O/c1-3-6-16-12(13-14(15)17-18-19(13)2)11-8-20-7-4-5-10(20)9-21-11/h10-12,16H,3-9H2,1-2H3. The maximum absolute atomic E-state index is 6.19. The number of hydrogen-bond acceptors (Lipinski definition) is 5. The van der Waals surface area contributed by atoms with Crippen LogP contribution in [0, 0.1) is 0 Å². The molecule has 2 aliphatic rings. The van der Waals surface area contributed by atoms with E-state index in [4.69, 9.17) is 4.74 Å². The molecule has 0 radical (unpaired) electrons. The van der Waals surface area contributed by atoms with E-state index in [1.165, 1.54) is 19.4 Å². The fourth-order valence-corrected chi connectivity index (χ4v) is 3.99. The van der Waals surface area contributed by atoms with Gasteiger partial charge in [0.25, 0.3) is 0 Å². The van der Waals surface area contributed by atoms with E-state index in [1.54, 1.807) is 0 Å². The van der Waals surface area contributed by atoms with Crippen molar-refractivity contribution >= 4 is 15.9 Å². The summed E-state index contributed by atoms with van der Waals surface area (Å²) < 4.78 is 8.85. The molecular formula is C14H24BrN5O. The number of fused-ring (bicyclic) bond motifs is 1. The van der Waals surface area contributed by atoms with E-state index in [0.717, 1.165) is 36.4 Å². The Morgan fingerprint density at radius 2 is 2.38 bits per heavy atom. The highest BCUT2D eigenvalue weighted by Crippen LogP contribution is 2.30. The molecule has 3 atom stereocenters. The molecule has 1 aromatic rings. The van der Waals surface area contributed by atoms with Crippen molar-refractivity contribution in [3.63, 3.8) is 0 Å². The molecule has 118 valence electrons. The van der Waals surface area contributed by atoms with Gasteiger partial charge >= 0.3 is 0 Å². The van der Waals surface area contributed by atoms with Gasteiger partial charge in [0.2, 0.25) is 0 Å². The maximum atomic E-state index is 6.19. The molecule has 7 heteroatoms. The lowest BCUT2D eigenvalue weighted by atomic mass is 10.0. The van der Waals surface area contributed by atoms with Crippen molar-refractivity contribution in [2.75, 3.05) is 26.2 Å². The zero-order valence-electron chi connectivity index (χ0n) is 12.8. The van der Waals surface area contributed by atoms with E-state index >= 15 is 0 Å². The molecule has 1 N–H and O–H groups in total. The third-order valence-electron chi connectivity index (χ3n) is 4.52. The minimum Gasteiger partial charge on any atom is -0.373 e. The summed E-state index contributed by atoms with van der Waals surface area (Å²) in [5.74, 6) is 0. The van der Waals surface area contributed by atoms with Crippen molar-refractivity contribution in [3.05, 3.63) is 10.3 Å². The molecule has 0 amide bonds. The largest absolute Gasteiger partial charge is 0.373 e. The van der Waals surface area contributed by atoms with E-state index < -0.39 is 0 Å². The molecule has 3 heterocycles. The van der Waals surface area contributed by atoms with Gasteiger partial charge in [-0.05, 0) is 48.3 Å². The molecular weight excluding hydrogens is 334 g/mol. The van der Waals surface area contributed by atoms with Crippen LogP contribution in [0.4, 0.5) is 0 Å². The van der Waals surface area contributed by atoms with Crippen LogP contribution >= 0.6 is 15.9 Å². The van der Waals surface area contributed by atoms with Gasteiger partial charge in [-0.3, -0.25) is 4.90 Å². The lowest BCUT2D eigenvalue weighted by molar-refractivity contribution is -0.0664. The van der Waals surface area contributed by atoms with Crippen LogP contribution in [0.25, 0.3) is 0 Å². The van der Waals surface area contributed by atoms with E-state index in [2.05, 4.69) is 43.4 Å². The molecule has 6 nitrogen and oxygen atoms in total. The van der Waals surface area contributed by atoms with Crippen LogP contribution in [-0.2, 0) is 11.8 Å². The molecule has 21 heavy (non-hydrogen) atoms. The Morgan fingerprint density at radius 3 is 3.10 bits per heavy atom. The van der Waals surface area contributed by atoms with Gasteiger partial charge in [0.1, 0.15) is 0 Å². The smallest absolute Gasteiger partial charge is 0.153 e. The first-order valence-electron chi connectivity index (χ1n) is 7.84. The summed E-state index contributed by atoms with van der Waals surface area (Å²) in [6.45, 7) is 6.18. The average Bonchev–Trinajstić information content (AvgIpc) is 3.07. The molecule has 0 aromatic carbocycles. The van der Waals surface area contributed by atoms with Crippen molar-refractivity contribution in [3.8, 4) is 0 Å². The number of aryl methyl sites for hydroxylation is 1. The predicted molar refractivity (Wildman–Crippen MR) is 84.1 cm³/mol. The van der Waals surface area contributed by atoms with Gasteiger partial charge in [0, 0.05) is 19.6 Å². The zero-order valence-corrected chi connectivity index (χ0v) is 14.3. The quantitative estimate of drug-likeness (QED) is 0.864. The molecule has 0 aliphatic carbocycles. The lowest BCUT2D eigenvalue weighted by Crippen LogP contribution is -2.51. The first kappa shape index (κ1) is 15.4. The lowest BCUT2D eigenvalue weighted by Gasteiger charge is -2.39. The number of ether oxygens (including phenoxy) is 1. The van der Waals surface area contributed by atoms with Gasteiger partial charge < -0.3 is 10.1 Å². The highest BCUT2D eigenvalue weighted by atomic mass is 79.9. The minimum absolute atomic E-state index is 0.126. The third kappa shape index (κ3) is 3.16. The first-order chi connectivity index (χ1) is 10.2. The summed E-state index contributed by atoms with van der Waals surface area (Å²) in [7, 11) is 1.94. The molecule has 3 unspecified atom stereocenters. The summed E-state index contributed by atoms with van der Waals surface area (Å²) in [6.07, 6.45) is 3.82. The highest BCUT2D eigenvalue weighted by Gasteiger charge is 2.38. The summed E-state index contributed by atoms with van der Waals surface area (Å²) >= 11 is 3.53. The number of halogens is 1. The number of nitrogens with zero attached hydrogens (tertiary/aromatic N) is 4. The van der Waals surface area contributed by atoms with E-state index in [1.807, 2.05) is 11.7 Å². The summed E-state index contributed by atoms with van der Waals surface area (Å²) in [5.41, 5.74) is 1.08. The second-order valence-electron chi connectivity index (χ2n) is 5.98. The Labute approximate surface area is 134 Å². The fraction of sp³-hybridized carbons (Fsp3) is 0.857. The van der Waals surface area contributed by atoms with Crippen molar-refractivity contribution in [1.82, 2.24) is 25.2 Å². The van der Waals surface area contributed by atoms with Crippen LogP contribution in [0.15, 0.2) is 4.60 Å². The molecule has 1 aromatic heterocycles. The Morgan fingerprint density at radius 1 is 1.52 bits per heavy atom. The molecule has 2 aliphatic heterocycles. The topological polar surface area (TPSA) is 55.2 Å². The van der Waals surface area contributed by atoms with Crippen LogP contribution < -0.4 is 5.32 Å². The number of aromatic nitrogens is 3. The van der Waals surface area contributed by atoms with Crippen LogP contribution in [0.3, 0.4) is 0 Å². The second-order valence-corrected chi connectivity index (χ2v) is 6.73. The van der Waals surface area contributed by atoms with E-state index in [0.29, 0.717) is 6.04 Å². The molecule has 0 saturated carbocycles. The van der Waals surface area contributed by atoms with Gasteiger partial charge in [-0.15, -0.1) is 5.10 Å². The predicted octanol–water partition coefficient (Wildman–Crippen LogP) is 1.48. The number of rotatable bonds is 5. The summed E-state index contributed by atoms with van der Waals surface area (Å²) in [4.78, 5) is 2.58. The monoisotopic (exact) mass is 357 g/mol. The Bertz CT molecular complexity index is 460. The maximum Gasteiger partial charge on any atom is 0.153 e. The van der Waals surface area contributed by atoms with Gasteiger partial charge in [0.15, 0.2) is 4.60 Å². The first-order valence-corrected chi connectivity index (χ1v) is 8.64. The molecule has 0 bridgehead atoms. The van der Waals surface area contributed by atoms with Crippen molar-refractivity contribution in [2.45, 2.75) is 44.4 Å². The van der Waals surface area contributed by atoms with Crippen LogP contribution in [0.2, 0.25) is 0 Å². The fourth-order valence-electron chi connectivity index (χ4n) is 3.42. The Kier molecular flexibility index (Phi) is 4.93. The molecule has 2 fully saturated rings. The third-order valence-corrected chi connectivity index (χ3v) is 5.09. The van der Waals surface area contributed by atoms with Gasteiger partial charge in [-0.25, -0.2) is 4.68 Å². The summed E-state index contributed by atoms with van der Waals surface area (Å²) in [6, 6.07) is 0.752. The van der Waals surface area contributed by atoms with E-state index in [-0.39, 0.29) is 12.1 Å². The second kappa shape index (κ2) is 6.73. The van der Waals surface area contributed by atoms with Crippen LogP contribution in [0.5, 0.6) is 0 Å². The van der Waals surface area contributed by atoms with Crippen molar-refractivity contribution in [2.24, 2.45) is 7.05 Å². The van der Waals surface area contributed by atoms with Crippen LogP contribution in [-0.4, -0.2) is 58.3 Å². The zero-order chi connectivity index (χ0) is 14.8. The van der Waals surface area contributed by atoms with Crippen molar-refractivity contribution < 1.29 is 4.74 Å². The molecule has 3 rings (SSSR count). The summed E-state index contributed by atoms with van der Waals surface area (Å²) in [5, 5.41) is 11.9. The SMILES string of the molecule is CCCNC(c1c(Br)nnn1C)C1CN2CCCC2CO1. The van der Waals surface area contributed by atoms with E-state index in [9.17, 15) is 0 Å². The Hall–Kier alpha value is -0.500. The van der Waals surface area contributed by atoms with Gasteiger partial charge in [-0.1, -0.05) is 12.1 Å². The minimum atomic E-state index is 0.126. The van der Waals surface area contributed by atoms with Crippen LogP contribution in [0.1, 0.15) is 37.9 Å². The normalized spacial score (nSPS) is 27.8. The van der Waals surface area contributed by atoms with Gasteiger partial charge in [0.05, 0.1) is 24.4 Å². The highest BCUT2D eigenvalue weighted by molar-refractivity contribution is 9.10. The average molecular weight is 358 g/mol. The number of hydrogen-bond donors (Lipinski definition) is 1. The number of nitrogens with one attached hydrogen (secondary N) is 1.